The molecule has 0 bridgehead atoms. The maximum Gasteiger partial charge on any atom is 0.108 e. The van der Waals surface area contributed by atoms with E-state index in [0.717, 1.165) is 0 Å². The Morgan fingerprint density at radius 3 is 2.77 bits per heavy atom. The van der Waals surface area contributed by atoms with E-state index in [1.807, 2.05) is 11.3 Å². The molecule has 0 aliphatic heterocycles. The van der Waals surface area contributed by atoms with Gasteiger partial charge in [-0.05, 0) is 30.7 Å². The molecule has 0 amide bonds. The van der Waals surface area contributed by atoms with Crippen molar-refractivity contribution in [2.24, 2.45) is 0 Å². The molecule has 0 spiro atoms. The van der Waals surface area contributed by atoms with Crippen LogP contribution in [0.5, 0.6) is 0 Å². The van der Waals surface area contributed by atoms with Gasteiger partial charge in [-0.3, -0.25) is 0 Å². The van der Waals surface area contributed by atoms with Crippen molar-refractivity contribution in [1.82, 2.24) is 15.0 Å². The largest absolute Gasteiger partial charge is 0.390 e. The highest BCUT2D eigenvalue weighted by Gasteiger charge is 2.12. The van der Waals surface area contributed by atoms with E-state index in [4.69, 9.17) is 5.11 Å². The van der Waals surface area contributed by atoms with Gasteiger partial charge in [-0.15, -0.1) is 16.4 Å². The van der Waals surface area contributed by atoms with Gasteiger partial charge in [0, 0.05) is 20.2 Å². The molecule has 22 heavy (non-hydrogen) atoms. The van der Waals surface area contributed by atoms with Gasteiger partial charge in [-0.1, -0.05) is 29.5 Å². The normalized spacial score (nSPS) is 13.0. The Balaban J connectivity index is 1.82. The lowest BCUT2D eigenvalue weighted by atomic mass is 10.0. The van der Waals surface area contributed by atoms with E-state index in [-0.39, 0.29) is 12.6 Å². The third-order valence-electron chi connectivity index (χ3n) is 4.00. The number of thiophene rings is 1. The number of hydrogen-bond acceptors (Lipinski definition) is 4. The monoisotopic (exact) mass is 309 g/mol. The van der Waals surface area contributed by atoms with Crippen molar-refractivity contribution in [3.05, 3.63) is 59.9 Å². The fourth-order valence-electron chi connectivity index (χ4n) is 2.73. The van der Waals surface area contributed by atoms with E-state index in [1.165, 1.54) is 25.7 Å². The van der Waals surface area contributed by atoms with Crippen LogP contribution in [0.15, 0.2) is 48.7 Å². The Labute approximate surface area is 131 Å². The molecule has 4 rings (SSSR count). The smallest absolute Gasteiger partial charge is 0.108 e. The third kappa shape index (κ3) is 2.10. The van der Waals surface area contributed by atoms with Crippen molar-refractivity contribution >= 4 is 31.5 Å². The summed E-state index contributed by atoms with van der Waals surface area (Å²) >= 11 is 1.82. The Morgan fingerprint density at radius 2 is 1.95 bits per heavy atom. The van der Waals surface area contributed by atoms with E-state index >= 15 is 0 Å². The van der Waals surface area contributed by atoms with Crippen molar-refractivity contribution in [1.29, 1.82) is 0 Å². The third-order valence-corrected chi connectivity index (χ3v) is 5.15. The minimum absolute atomic E-state index is 0.0795. The second-order valence-electron chi connectivity index (χ2n) is 5.38. The fourth-order valence-corrected chi connectivity index (χ4v) is 3.82. The average Bonchev–Trinajstić information content (AvgIpc) is 3.18. The highest BCUT2D eigenvalue weighted by Crippen LogP contribution is 2.35. The van der Waals surface area contributed by atoms with Crippen LogP contribution in [-0.4, -0.2) is 20.1 Å². The van der Waals surface area contributed by atoms with Crippen molar-refractivity contribution < 1.29 is 5.11 Å². The summed E-state index contributed by atoms with van der Waals surface area (Å²) in [6, 6.07) is 15.1. The highest BCUT2D eigenvalue weighted by molar-refractivity contribution is 7.25. The zero-order valence-corrected chi connectivity index (χ0v) is 12.9. The molecule has 2 heterocycles. The summed E-state index contributed by atoms with van der Waals surface area (Å²) < 4.78 is 4.40. The van der Waals surface area contributed by atoms with Gasteiger partial charge in [0.25, 0.3) is 0 Å². The highest BCUT2D eigenvalue weighted by atomic mass is 32.1. The van der Waals surface area contributed by atoms with Gasteiger partial charge in [0.05, 0.1) is 18.8 Å². The molecule has 5 heteroatoms. The number of nitrogens with zero attached hydrogens (tertiary/aromatic N) is 3. The second kappa shape index (κ2) is 5.19. The van der Waals surface area contributed by atoms with E-state index < -0.39 is 0 Å². The minimum atomic E-state index is -0.0824. The zero-order chi connectivity index (χ0) is 15.1. The molecule has 0 saturated heterocycles. The number of benzene rings is 2. The molecule has 0 aliphatic rings. The molecular weight excluding hydrogens is 294 g/mol. The van der Waals surface area contributed by atoms with Crippen LogP contribution in [0.3, 0.4) is 0 Å². The van der Waals surface area contributed by atoms with Gasteiger partial charge in [0.1, 0.15) is 5.69 Å². The molecule has 0 saturated carbocycles. The van der Waals surface area contributed by atoms with Crippen LogP contribution in [0.25, 0.3) is 20.2 Å². The van der Waals surface area contributed by atoms with E-state index in [1.54, 1.807) is 10.9 Å². The van der Waals surface area contributed by atoms with Gasteiger partial charge < -0.3 is 5.11 Å². The molecule has 2 aromatic heterocycles. The summed E-state index contributed by atoms with van der Waals surface area (Å²) in [4.78, 5) is 0. The Hall–Kier alpha value is -2.24. The second-order valence-corrected chi connectivity index (χ2v) is 6.46. The number of aromatic nitrogens is 3. The van der Waals surface area contributed by atoms with Gasteiger partial charge in [0.2, 0.25) is 0 Å². The molecule has 2 aromatic carbocycles. The molecule has 0 radical (unpaired) electrons. The lowest BCUT2D eigenvalue weighted by Crippen LogP contribution is -2.07. The van der Waals surface area contributed by atoms with Gasteiger partial charge in [0.15, 0.2) is 0 Å². The summed E-state index contributed by atoms with van der Waals surface area (Å²) in [6.07, 6.45) is 1.79. The standard InChI is InChI=1S/C17H15N3OS/c1-11(20-9-13(10-21)18-19-20)12-6-7-17-15(8-12)14-4-2-3-5-16(14)22-17/h2-9,11,21H,10H2,1H3. The number of aliphatic hydroxyl groups excluding tert-OH is 1. The van der Waals surface area contributed by atoms with Crippen molar-refractivity contribution in [3.8, 4) is 0 Å². The number of hydrogen-bond donors (Lipinski definition) is 1. The van der Waals surface area contributed by atoms with E-state index in [9.17, 15) is 0 Å². The first-order valence-electron chi connectivity index (χ1n) is 7.19. The van der Waals surface area contributed by atoms with Crippen LogP contribution < -0.4 is 0 Å². The van der Waals surface area contributed by atoms with Crippen LogP contribution in [0.4, 0.5) is 0 Å². The van der Waals surface area contributed by atoms with Crippen LogP contribution in [0.1, 0.15) is 24.2 Å². The topological polar surface area (TPSA) is 50.9 Å². The van der Waals surface area contributed by atoms with E-state index in [2.05, 4.69) is 59.7 Å². The maximum atomic E-state index is 9.12. The fraction of sp³-hybridized carbons (Fsp3) is 0.176. The predicted molar refractivity (Wildman–Crippen MR) is 89.1 cm³/mol. The van der Waals surface area contributed by atoms with Crippen LogP contribution in [0, 0.1) is 0 Å². The quantitative estimate of drug-likeness (QED) is 0.627. The van der Waals surface area contributed by atoms with Gasteiger partial charge >= 0.3 is 0 Å². The SMILES string of the molecule is CC(c1ccc2sc3ccccc3c2c1)n1cc(CO)nn1. The summed E-state index contributed by atoms with van der Waals surface area (Å²) in [5.41, 5.74) is 1.78. The van der Waals surface area contributed by atoms with Crippen molar-refractivity contribution in [2.45, 2.75) is 19.6 Å². The lowest BCUT2D eigenvalue weighted by molar-refractivity contribution is 0.276. The molecule has 0 fully saturated rings. The predicted octanol–water partition coefficient (Wildman–Crippen LogP) is 3.75. The first-order valence-corrected chi connectivity index (χ1v) is 8.00. The molecule has 0 aliphatic carbocycles. The van der Waals surface area contributed by atoms with Crippen molar-refractivity contribution in [3.63, 3.8) is 0 Å². The summed E-state index contributed by atoms with van der Waals surface area (Å²) in [6.45, 7) is 2.01. The molecular formula is C17H15N3OS. The molecule has 4 nitrogen and oxygen atoms in total. The molecule has 4 aromatic rings. The average molecular weight is 309 g/mol. The summed E-state index contributed by atoms with van der Waals surface area (Å²) in [5.74, 6) is 0. The molecule has 1 unspecified atom stereocenters. The Morgan fingerprint density at radius 1 is 1.14 bits per heavy atom. The zero-order valence-electron chi connectivity index (χ0n) is 12.1. The van der Waals surface area contributed by atoms with Gasteiger partial charge in [-0.2, -0.15) is 0 Å². The maximum absolute atomic E-state index is 9.12. The number of rotatable bonds is 3. The summed E-state index contributed by atoms with van der Waals surface area (Å²) in [5, 5.41) is 19.8. The molecule has 1 N–H and O–H groups in total. The Bertz CT molecular complexity index is 957. The lowest BCUT2D eigenvalue weighted by Gasteiger charge is -2.11. The molecule has 110 valence electrons. The summed E-state index contributed by atoms with van der Waals surface area (Å²) in [7, 11) is 0. The number of fused-ring (bicyclic) bond motifs is 3. The van der Waals surface area contributed by atoms with E-state index in [0.29, 0.717) is 5.69 Å². The molecule has 1 atom stereocenters. The Kier molecular flexibility index (Phi) is 3.17. The van der Waals surface area contributed by atoms with Gasteiger partial charge in [-0.25, -0.2) is 4.68 Å². The number of aliphatic hydroxyl groups is 1. The van der Waals surface area contributed by atoms with Crippen LogP contribution in [-0.2, 0) is 6.61 Å². The van der Waals surface area contributed by atoms with Crippen LogP contribution >= 0.6 is 11.3 Å². The first kappa shape index (κ1) is 13.4. The minimum Gasteiger partial charge on any atom is -0.390 e. The first-order chi connectivity index (χ1) is 10.8. The van der Waals surface area contributed by atoms with Crippen molar-refractivity contribution in [2.75, 3.05) is 0 Å². The van der Waals surface area contributed by atoms with Crippen LogP contribution in [0.2, 0.25) is 0 Å².